The van der Waals surface area contributed by atoms with Crippen molar-refractivity contribution >= 4 is 17.6 Å². The van der Waals surface area contributed by atoms with Gasteiger partial charge in [0.05, 0.1) is 10.6 Å². The molecule has 5 heteroatoms. The number of benzene rings is 1. The summed E-state index contributed by atoms with van der Waals surface area (Å²) in [7, 11) is 0. The standard InChI is InChI=1S/C8H4ClF3O/c9-6-4-2-1-3-5(6)8(11,12)7(10)13/h1-4H. The summed E-state index contributed by atoms with van der Waals surface area (Å²) >= 11 is 5.35. The molecule has 0 aliphatic rings. The molecule has 0 radical (unpaired) electrons. The predicted octanol–water partition coefficient (Wildman–Crippen LogP) is 2.93. The van der Waals surface area contributed by atoms with Crippen molar-refractivity contribution in [2.45, 2.75) is 5.92 Å². The van der Waals surface area contributed by atoms with E-state index in [9.17, 15) is 18.0 Å². The van der Waals surface area contributed by atoms with Crippen molar-refractivity contribution in [1.29, 1.82) is 0 Å². The minimum atomic E-state index is -4.15. The van der Waals surface area contributed by atoms with Crippen molar-refractivity contribution in [3.63, 3.8) is 0 Å². The van der Waals surface area contributed by atoms with E-state index < -0.39 is 17.5 Å². The normalized spacial score (nSPS) is 11.4. The van der Waals surface area contributed by atoms with Gasteiger partial charge in [0.25, 0.3) is 0 Å². The molecule has 1 aromatic carbocycles. The summed E-state index contributed by atoms with van der Waals surface area (Å²) in [6.45, 7) is 0. The van der Waals surface area contributed by atoms with E-state index in [4.69, 9.17) is 11.6 Å². The first-order chi connectivity index (χ1) is 5.96. The van der Waals surface area contributed by atoms with Gasteiger partial charge in [0, 0.05) is 0 Å². The third kappa shape index (κ3) is 1.83. The Labute approximate surface area is 77.1 Å². The SMILES string of the molecule is O=C(F)C(F)(F)c1ccccc1Cl. The van der Waals surface area contributed by atoms with Crippen molar-refractivity contribution < 1.29 is 18.0 Å². The molecule has 0 unspecified atom stereocenters. The highest BCUT2D eigenvalue weighted by molar-refractivity contribution is 6.31. The van der Waals surface area contributed by atoms with E-state index in [1.165, 1.54) is 12.1 Å². The van der Waals surface area contributed by atoms with Crippen LogP contribution >= 0.6 is 11.6 Å². The number of alkyl halides is 2. The summed E-state index contributed by atoms with van der Waals surface area (Å²) in [4.78, 5) is 9.94. The number of hydrogen-bond acceptors (Lipinski definition) is 1. The Morgan fingerprint density at radius 1 is 1.31 bits per heavy atom. The first-order valence-corrected chi connectivity index (χ1v) is 3.67. The van der Waals surface area contributed by atoms with Crippen LogP contribution in [0.15, 0.2) is 24.3 Å². The van der Waals surface area contributed by atoms with Gasteiger partial charge in [-0.15, -0.1) is 0 Å². The molecule has 1 nitrogen and oxygen atoms in total. The zero-order valence-corrected chi connectivity index (χ0v) is 6.99. The summed E-state index contributed by atoms with van der Waals surface area (Å²) in [5.41, 5.74) is -0.816. The number of carbonyl (C=O) groups excluding carboxylic acids is 1. The van der Waals surface area contributed by atoms with E-state index in [1.54, 1.807) is 0 Å². The summed E-state index contributed by atoms with van der Waals surface area (Å²) < 4.78 is 37.4. The Balaban J connectivity index is 3.22. The topological polar surface area (TPSA) is 17.1 Å². The molecule has 70 valence electrons. The van der Waals surface area contributed by atoms with Gasteiger partial charge in [-0.2, -0.15) is 13.2 Å². The lowest BCUT2D eigenvalue weighted by Gasteiger charge is -2.11. The summed E-state index contributed by atoms with van der Waals surface area (Å²) in [6, 6.07) is 2.01. The average Bonchev–Trinajstić information content (AvgIpc) is 2.04. The van der Waals surface area contributed by atoms with Crippen LogP contribution < -0.4 is 0 Å². The second kappa shape index (κ2) is 3.38. The molecule has 13 heavy (non-hydrogen) atoms. The maximum Gasteiger partial charge on any atom is 0.375 e. The van der Waals surface area contributed by atoms with Crippen molar-refractivity contribution in [1.82, 2.24) is 0 Å². The van der Waals surface area contributed by atoms with Crippen LogP contribution in [-0.2, 0) is 10.7 Å². The molecule has 1 rings (SSSR count). The maximum atomic E-state index is 12.7. The van der Waals surface area contributed by atoms with Gasteiger partial charge >= 0.3 is 12.0 Å². The average molecular weight is 209 g/mol. The van der Waals surface area contributed by atoms with Gasteiger partial charge in [0.1, 0.15) is 0 Å². The first kappa shape index (κ1) is 10.1. The van der Waals surface area contributed by atoms with Crippen LogP contribution in [0.1, 0.15) is 5.56 Å². The maximum absolute atomic E-state index is 12.7. The fourth-order valence-electron chi connectivity index (χ4n) is 0.822. The van der Waals surface area contributed by atoms with Crippen LogP contribution in [0, 0.1) is 0 Å². The third-order valence-electron chi connectivity index (χ3n) is 1.46. The third-order valence-corrected chi connectivity index (χ3v) is 1.79. The molecular weight excluding hydrogens is 205 g/mol. The molecule has 1 aromatic rings. The lowest BCUT2D eigenvalue weighted by atomic mass is 10.1. The van der Waals surface area contributed by atoms with Gasteiger partial charge in [0.2, 0.25) is 0 Å². The number of halogens is 4. The van der Waals surface area contributed by atoms with Crippen LogP contribution in [0.2, 0.25) is 5.02 Å². The molecule has 0 N–H and O–H groups in total. The highest BCUT2D eigenvalue weighted by atomic mass is 35.5. The van der Waals surface area contributed by atoms with E-state index in [0.29, 0.717) is 0 Å². The fourth-order valence-corrected chi connectivity index (χ4v) is 1.08. The lowest BCUT2D eigenvalue weighted by Crippen LogP contribution is -2.22. The highest BCUT2D eigenvalue weighted by Gasteiger charge is 2.42. The Hall–Kier alpha value is -1.03. The molecule has 0 aliphatic heterocycles. The van der Waals surface area contributed by atoms with Crippen molar-refractivity contribution in [3.8, 4) is 0 Å². The van der Waals surface area contributed by atoms with Crippen LogP contribution in [0.5, 0.6) is 0 Å². The van der Waals surface area contributed by atoms with Crippen LogP contribution in [0.4, 0.5) is 13.2 Å². The van der Waals surface area contributed by atoms with Gasteiger partial charge in [-0.05, 0) is 6.07 Å². The number of rotatable bonds is 2. The van der Waals surface area contributed by atoms with E-state index in [1.807, 2.05) is 0 Å². The Kier molecular flexibility index (Phi) is 2.61. The predicted molar refractivity (Wildman–Crippen MR) is 41.5 cm³/mol. The Bertz CT molecular complexity index is 338. The molecular formula is C8H4ClF3O. The van der Waals surface area contributed by atoms with E-state index in [2.05, 4.69) is 0 Å². The first-order valence-electron chi connectivity index (χ1n) is 3.29. The zero-order valence-electron chi connectivity index (χ0n) is 6.23. The molecule has 0 heterocycles. The molecule has 0 aromatic heterocycles. The summed E-state index contributed by atoms with van der Waals surface area (Å²) in [5.74, 6) is -4.15. The molecule has 0 fully saturated rings. The molecule has 0 atom stereocenters. The summed E-state index contributed by atoms with van der Waals surface area (Å²) in [5, 5.41) is -0.335. The number of carbonyl (C=O) groups is 1. The molecule has 0 spiro atoms. The van der Waals surface area contributed by atoms with Gasteiger partial charge in [-0.25, -0.2) is 0 Å². The van der Waals surface area contributed by atoms with Gasteiger partial charge in [-0.1, -0.05) is 29.8 Å². The van der Waals surface area contributed by atoms with Crippen molar-refractivity contribution in [2.24, 2.45) is 0 Å². The van der Waals surface area contributed by atoms with Gasteiger partial charge in [-0.3, -0.25) is 4.79 Å². The molecule has 0 bridgehead atoms. The zero-order chi connectivity index (χ0) is 10.1. The van der Waals surface area contributed by atoms with E-state index in [-0.39, 0.29) is 5.02 Å². The molecule has 0 saturated carbocycles. The molecule has 0 saturated heterocycles. The van der Waals surface area contributed by atoms with Gasteiger partial charge in [0.15, 0.2) is 0 Å². The largest absolute Gasteiger partial charge is 0.375 e. The monoisotopic (exact) mass is 208 g/mol. The molecule has 0 aliphatic carbocycles. The van der Waals surface area contributed by atoms with E-state index in [0.717, 1.165) is 12.1 Å². The van der Waals surface area contributed by atoms with E-state index >= 15 is 0 Å². The van der Waals surface area contributed by atoms with Crippen LogP contribution in [-0.4, -0.2) is 6.04 Å². The minimum absolute atomic E-state index is 0.335. The van der Waals surface area contributed by atoms with Crippen molar-refractivity contribution in [3.05, 3.63) is 34.9 Å². The quantitative estimate of drug-likeness (QED) is 0.683. The lowest BCUT2D eigenvalue weighted by molar-refractivity contribution is -0.157. The smallest absolute Gasteiger partial charge is 0.254 e. The Morgan fingerprint density at radius 2 is 1.85 bits per heavy atom. The van der Waals surface area contributed by atoms with Crippen molar-refractivity contribution in [2.75, 3.05) is 0 Å². The Morgan fingerprint density at radius 3 is 2.31 bits per heavy atom. The summed E-state index contributed by atoms with van der Waals surface area (Å²) in [6.07, 6.45) is 0. The second-order valence-corrected chi connectivity index (χ2v) is 2.74. The highest BCUT2D eigenvalue weighted by Crippen LogP contribution is 2.34. The fraction of sp³-hybridized carbons (Fsp3) is 0.125. The van der Waals surface area contributed by atoms with Crippen LogP contribution in [0.3, 0.4) is 0 Å². The molecule has 0 amide bonds. The van der Waals surface area contributed by atoms with Crippen LogP contribution in [0.25, 0.3) is 0 Å². The number of hydrogen-bond donors (Lipinski definition) is 0. The minimum Gasteiger partial charge on any atom is -0.254 e. The second-order valence-electron chi connectivity index (χ2n) is 2.33. The van der Waals surface area contributed by atoms with Gasteiger partial charge < -0.3 is 0 Å².